The zero-order valence-corrected chi connectivity index (χ0v) is 13.3. The number of pyridine rings is 1. The minimum atomic E-state index is 0.544. The van der Waals surface area contributed by atoms with Crippen LogP contribution < -0.4 is 10.5 Å². The van der Waals surface area contributed by atoms with Gasteiger partial charge in [-0.3, -0.25) is 0 Å². The fourth-order valence-corrected chi connectivity index (χ4v) is 2.30. The Kier molecular flexibility index (Phi) is 8.28. The normalized spacial score (nSPS) is 12.4. The van der Waals surface area contributed by atoms with Crippen molar-refractivity contribution in [2.75, 3.05) is 6.61 Å². The number of unbranched alkanes of at least 4 members (excludes halogenated alkanes) is 1. The number of ether oxygens (including phenoxy) is 1. The number of rotatable bonds is 10. The Labute approximate surface area is 123 Å². The van der Waals surface area contributed by atoms with E-state index in [0.29, 0.717) is 12.5 Å². The van der Waals surface area contributed by atoms with Gasteiger partial charge in [0.25, 0.3) is 0 Å². The number of nitrogens with zero attached hydrogens (tertiary/aromatic N) is 1. The average molecular weight is 278 g/mol. The van der Waals surface area contributed by atoms with E-state index in [4.69, 9.17) is 10.5 Å². The molecule has 0 aliphatic rings. The number of aromatic nitrogens is 1. The SMILES string of the molecule is CCCCC(CC)COc1cc(CN)cc(CCC)n1. The van der Waals surface area contributed by atoms with Crippen molar-refractivity contribution in [3.63, 3.8) is 0 Å². The molecule has 0 saturated carbocycles. The monoisotopic (exact) mass is 278 g/mol. The highest BCUT2D eigenvalue weighted by molar-refractivity contribution is 5.25. The third kappa shape index (κ3) is 5.91. The van der Waals surface area contributed by atoms with Crippen LogP contribution in [0.3, 0.4) is 0 Å². The van der Waals surface area contributed by atoms with Crippen LogP contribution in [0.5, 0.6) is 5.88 Å². The molecule has 0 fully saturated rings. The van der Waals surface area contributed by atoms with E-state index in [1.54, 1.807) is 0 Å². The zero-order valence-electron chi connectivity index (χ0n) is 13.3. The number of aryl methyl sites for hydroxylation is 1. The van der Waals surface area contributed by atoms with Crippen LogP contribution in [-0.4, -0.2) is 11.6 Å². The maximum Gasteiger partial charge on any atom is 0.213 e. The molecule has 0 aliphatic heterocycles. The highest BCUT2D eigenvalue weighted by Gasteiger charge is 2.09. The molecule has 3 nitrogen and oxygen atoms in total. The maximum atomic E-state index is 5.92. The molecular weight excluding hydrogens is 248 g/mol. The van der Waals surface area contributed by atoms with Crippen LogP contribution in [0.25, 0.3) is 0 Å². The molecule has 1 unspecified atom stereocenters. The first-order valence-corrected chi connectivity index (χ1v) is 8.06. The fraction of sp³-hybridized carbons (Fsp3) is 0.706. The van der Waals surface area contributed by atoms with Gasteiger partial charge in [0.05, 0.1) is 6.61 Å². The summed E-state index contributed by atoms with van der Waals surface area (Å²) >= 11 is 0. The Morgan fingerprint density at radius 1 is 1.20 bits per heavy atom. The summed E-state index contributed by atoms with van der Waals surface area (Å²) in [4.78, 5) is 4.58. The van der Waals surface area contributed by atoms with E-state index in [-0.39, 0.29) is 0 Å². The second-order valence-corrected chi connectivity index (χ2v) is 5.49. The third-order valence-corrected chi connectivity index (χ3v) is 3.67. The minimum absolute atomic E-state index is 0.544. The highest BCUT2D eigenvalue weighted by Crippen LogP contribution is 2.18. The summed E-state index contributed by atoms with van der Waals surface area (Å²) in [5.74, 6) is 1.37. The van der Waals surface area contributed by atoms with Crippen LogP contribution in [0, 0.1) is 5.92 Å². The Morgan fingerprint density at radius 2 is 2.00 bits per heavy atom. The molecule has 1 aromatic heterocycles. The van der Waals surface area contributed by atoms with E-state index in [2.05, 4.69) is 31.8 Å². The molecule has 1 atom stereocenters. The zero-order chi connectivity index (χ0) is 14.8. The summed E-state index contributed by atoms with van der Waals surface area (Å²) < 4.78 is 5.92. The molecule has 0 amide bonds. The lowest BCUT2D eigenvalue weighted by atomic mass is 10.0. The standard InChI is InChI=1S/C17H30N2O/c1-4-7-9-14(6-3)13-20-17-11-15(12-18)10-16(19-17)8-5-2/h10-11,14H,4-9,12-13,18H2,1-3H3. The van der Waals surface area contributed by atoms with Gasteiger partial charge in [-0.15, -0.1) is 0 Å². The second kappa shape index (κ2) is 9.76. The quantitative estimate of drug-likeness (QED) is 0.701. The van der Waals surface area contributed by atoms with Crippen LogP contribution in [0.15, 0.2) is 12.1 Å². The molecular formula is C17H30N2O. The smallest absolute Gasteiger partial charge is 0.213 e. The van der Waals surface area contributed by atoms with Gasteiger partial charge in [0.15, 0.2) is 0 Å². The largest absolute Gasteiger partial charge is 0.477 e. The van der Waals surface area contributed by atoms with E-state index in [1.807, 2.05) is 6.07 Å². The molecule has 1 aromatic rings. The van der Waals surface area contributed by atoms with E-state index < -0.39 is 0 Å². The highest BCUT2D eigenvalue weighted by atomic mass is 16.5. The molecule has 0 spiro atoms. The van der Waals surface area contributed by atoms with Gasteiger partial charge in [-0.05, 0) is 30.4 Å². The summed E-state index contributed by atoms with van der Waals surface area (Å²) in [6, 6.07) is 4.07. The first-order valence-electron chi connectivity index (χ1n) is 8.06. The van der Waals surface area contributed by atoms with Crippen molar-refractivity contribution < 1.29 is 4.74 Å². The van der Waals surface area contributed by atoms with Crippen LogP contribution in [-0.2, 0) is 13.0 Å². The molecule has 1 heterocycles. The molecule has 0 aromatic carbocycles. The molecule has 3 heteroatoms. The molecule has 0 bridgehead atoms. The molecule has 20 heavy (non-hydrogen) atoms. The Balaban J connectivity index is 2.63. The molecule has 114 valence electrons. The Morgan fingerprint density at radius 3 is 2.60 bits per heavy atom. The van der Waals surface area contributed by atoms with Gasteiger partial charge in [0.1, 0.15) is 0 Å². The third-order valence-electron chi connectivity index (χ3n) is 3.67. The molecule has 0 saturated heterocycles. The Bertz CT molecular complexity index is 379. The molecule has 1 rings (SSSR count). The number of hydrogen-bond acceptors (Lipinski definition) is 3. The van der Waals surface area contributed by atoms with Crippen molar-refractivity contribution in [2.45, 2.75) is 65.8 Å². The van der Waals surface area contributed by atoms with E-state index >= 15 is 0 Å². The van der Waals surface area contributed by atoms with Gasteiger partial charge in [0, 0.05) is 18.3 Å². The van der Waals surface area contributed by atoms with Crippen LogP contribution >= 0.6 is 0 Å². The van der Waals surface area contributed by atoms with Gasteiger partial charge in [-0.25, -0.2) is 4.98 Å². The van der Waals surface area contributed by atoms with Crippen LogP contribution in [0.4, 0.5) is 0 Å². The second-order valence-electron chi connectivity index (χ2n) is 5.49. The summed E-state index contributed by atoms with van der Waals surface area (Å²) in [5.41, 5.74) is 7.95. The van der Waals surface area contributed by atoms with Crippen LogP contribution in [0.1, 0.15) is 64.1 Å². The van der Waals surface area contributed by atoms with E-state index in [1.165, 1.54) is 25.7 Å². The van der Waals surface area contributed by atoms with Gasteiger partial charge in [0.2, 0.25) is 5.88 Å². The van der Waals surface area contributed by atoms with Crippen molar-refractivity contribution in [3.8, 4) is 5.88 Å². The predicted molar refractivity (Wildman–Crippen MR) is 84.9 cm³/mol. The molecule has 0 aliphatic carbocycles. The number of nitrogens with two attached hydrogens (primary N) is 1. The van der Waals surface area contributed by atoms with Crippen molar-refractivity contribution in [1.29, 1.82) is 0 Å². The lowest BCUT2D eigenvalue weighted by Crippen LogP contribution is -2.13. The molecule has 0 radical (unpaired) electrons. The Hall–Kier alpha value is -1.09. The van der Waals surface area contributed by atoms with Crippen molar-refractivity contribution in [1.82, 2.24) is 4.98 Å². The summed E-state index contributed by atoms with van der Waals surface area (Å²) in [5, 5.41) is 0. The molecule has 2 N–H and O–H groups in total. The summed E-state index contributed by atoms with van der Waals surface area (Å²) in [6.45, 7) is 7.94. The average Bonchev–Trinajstić information content (AvgIpc) is 2.47. The van der Waals surface area contributed by atoms with Gasteiger partial charge in [-0.2, -0.15) is 0 Å². The van der Waals surface area contributed by atoms with Gasteiger partial charge in [-0.1, -0.05) is 46.5 Å². The van der Waals surface area contributed by atoms with Crippen molar-refractivity contribution >= 4 is 0 Å². The van der Waals surface area contributed by atoms with Crippen LogP contribution in [0.2, 0.25) is 0 Å². The van der Waals surface area contributed by atoms with Gasteiger partial charge >= 0.3 is 0 Å². The minimum Gasteiger partial charge on any atom is -0.477 e. The lowest BCUT2D eigenvalue weighted by molar-refractivity contribution is 0.225. The van der Waals surface area contributed by atoms with Crippen molar-refractivity contribution in [3.05, 3.63) is 23.4 Å². The van der Waals surface area contributed by atoms with Crippen molar-refractivity contribution in [2.24, 2.45) is 11.7 Å². The maximum absolute atomic E-state index is 5.92. The summed E-state index contributed by atoms with van der Waals surface area (Å²) in [7, 11) is 0. The first-order chi connectivity index (χ1) is 9.73. The van der Waals surface area contributed by atoms with Gasteiger partial charge < -0.3 is 10.5 Å². The first kappa shape index (κ1) is 17.0. The van der Waals surface area contributed by atoms with E-state index in [0.717, 1.165) is 36.6 Å². The predicted octanol–water partition coefficient (Wildman–Crippen LogP) is 4.09. The summed E-state index contributed by atoms with van der Waals surface area (Å²) in [6.07, 6.45) is 7.01. The fourth-order valence-electron chi connectivity index (χ4n) is 2.30. The number of hydrogen-bond donors (Lipinski definition) is 1. The lowest BCUT2D eigenvalue weighted by Gasteiger charge is -2.16. The van der Waals surface area contributed by atoms with E-state index in [9.17, 15) is 0 Å². The topological polar surface area (TPSA) is 48.1 Å².